The van der Waals surface area contributed by atoms with Gasteiger partial charge in [0.15, 0.2) is 0 Å². The van der Waals surface area contributed by atoms with Gasteiger partial charge in [-0.2, -0.15) is 0 Å². The number of nitrogens with one attached hydrogen (secondary N) is 1. The highest BCUT2D eigenvalue weighted by molar-refractivity contribution is 7.27. The molecule has 110 valence electrons. The normalized spacial score (nSPS) is 13.0. The van der Waals surface area contributed by atoms with Crippen LogP contribution in [0.15, 0.2) is 41.8 Å². The number of nitrogens with two attached hydrogens (primary N) is 1. The van der Waals surface area contributed by atoms with Gasteiger partial charge in [-0.3, -0.25) is 5.84 Å². The van der Waals surface area contributed by atoms with E-state index in [1.807, 2.05) is 32.0 Å². The van der Waals surface area contributed by atoms with Crippen LogP contribution in [0.3, 0.4) is 0 Å². The van der Waals surface area contributed by atoms with Crippen molar-refractivity contribution in [2.75, 3.05) is 0 Å². The van der Waals surface area contributed by atoms with Crippen molar-refractivity contribution < 1.29 is 4.74 Å². The molecular formula is C16H18N2OS2. The minimum Gasteiger partial charge on any atom is -0.491 e. The third-order valence-corrected chi connectivity index (χ3v) is 5.36. The first-order valence-corrected chi connectivity index (χ1v) is 8.57. The fraction of sp³-hybridized carbons (Fsp3) is 0.250. The minimum absolute atomic E-state index is 0.0513. The van der Waals surface area contributed by atoms with Crippen molar-refractivity contribution in [3.05, 3.63) is 52.2 Å². The monoisotopic (exact) mass is 318 g/mol. The van der Waals surface area contributed by atoms with Crippen LogP contribution >= 0.6 is 22.7 Å². The molecule has 0 saturated heterocycles. The van der Waals surface area contributed by atoms with Crippen molar-refractivity contribution in [1.29, 1.82) is 0 Å². The number of thiophene rings is 2. The fourth-order valence-electron chi connectivity index (χ4n) is 2.33. The number of benzene rings is 1. The number of ether oxygens (including phenoxy) is 1. The molecule has 0 amide bonds. The number of fused-ring (bicyclic) bond motifs is 1. The van der Waals surface area contributed by atoms with E-state index in [2.05, 4.69) is 29.0 Å². The molecule has 1 aromatic carbocycles. The van der Waals surface area contributed by atoms with Crippen molar-refractivity contribution in [1.82, 2.24) is 5.43 Å². The molecule has 2 heterocycles. The number of rotatable bonds is 5. The molecule has 1 unspecified atom stereocenters. The molecule has 1 atom stereocenters. The summed E-state index contributed by atoms with van der Waals surface area (Å²) in [6.07, 6.45) is 0.136. The third-order valence-electron chi connectivity index (χ3n) is 3.20. The van der Waals surface area contributed by atoms with Gasteiger partial charge in [0.1, 0.15) is 5.75 Å². The smallest absolute Gasteiger partial charge is 0.124 e. The lowest BCUT2D eigenvalue weighted by atomic mass is 10.0. The van der Waals surface area contributed by atoms with E-state index in [-0.39, 0.29) is 12.1 Å². The maximum atomic E-state index is 5.92. The van der Waals surface area contributed by atoms with E-state index in [1.54, 1.807) is 22.7 Å². The second kappa shape index (κ2) is 6.15. The zero-order chi connectivity index (χ0) is 14.8. The Bertz CT molecular complexity index is 704. The Morgan fingerprint density at radius 3 is 2.67 bits per heavy atom. The molecule has 21 heavy (non-hydrogen) atoms. The second-order valence-electron chi connectivity index (χ2n) is 5.10. The molecule has 0 fully saturated rings. The molecule has 3 aromatic rings. The van der Waals surface area contributed by atoms with Gasteiger partial charge in [-0.15, -0.1) is 22.7 Å². The first-order valence-electron chi connectivity index (χ1n) is 6.87. The zero-order valence-electron chi connectivity index (χ0n) is 12.0. The summed E-state index contributed by atoms with van der Waals surface area (Å²) in [5.41, 5.74) is 4.01. The molecule has 0 saturated carbocycles. The Hall–Kier alpha value is -1.40. The average molecular weight is 318 g/mol. The van der Waals surface area contributed by atoms with E-state index in [9.17, 15) is 0 Å². The summed E-state index contributed by atoms with van der Waals surface area (Å²) in [6, 6.07) is 12.4. The first-order chi connectivity index (χ1) is 10.2. The van der Waals surface area contributed by atoms with E-state index >= 15 is 0 Å². The first kappa shape index (κ1) is 14.5. The number of para-hydroxylation sites is 1. The highest BCUT2D eigenvalue weighted by atomic mass is 32.1. The lowest BCUT2D eigenvalue weighted by Gasteiger charge is -2.20. The third kappa shape index (κ3) is 2.96. The van der Waals surface area contributed by atoms with Gasteiger partial charge in [0, 0.05) is 19.8 Å². The molecule has 0 aliphatic rings. The van der Waals surface area contributed by atoms with Crippen molar-refractivity contribution in [3.8, 4) is 5.75 Å². The number of hydrogen-bond donors (Lipinski definition) is 2. The van der Waals surface area contributed by atoms with Gasteiger partial charge in [-0.25, -0.2) is 5.43 Å². The molecule has 0 aliphatic heterocycles. The van der Waals surface area contributed by atoms with Gasteiger partial charge >= 0.3 is 0 Å². The van der Waals surface area contributed by atoms with Crippen LogP contribution in [0.2, 0.25) is 0 Å². The van der Waals surface area contributed by atoms with Gasteiger partial charge < -0.3 is 4.74 Å². The highest BCUT2D eigenvalue weighted by Crippen LogP contribution is 2.38. The van der Waals surface area contributed by atoms with Crippen LogP contribution in [-0.4, -0.2) is 6.10 Å². The molecule has 0 bridgehead atoms. The van der Waals surface area contributed by atoms with Gasteiger partial charge in [0.2, 0.25) is 0 Å². The Balaban J connectivity index is 2.01. The fourth-order valence-corrected chi connectivity index (χ4v) is 4.53. The van der Waals surface area contributed by atoms with Crippen LogP contribution in [-0.2, 0) is 0 Å². The van der Waals surface area contributed by atoms with Gasteiger partial charge in [-0.05, 0) is 37.4 Å². The van der Waals surface area contributed by atoms with Gasteiger partial charge in [0.25, 0.3) is 0 Å². The molecule has 0 aliphatic carbocycles. The molecular weight excluding hydrogens is 300 g/mol. The lowest BCUT2D eigenvalue weighted by Crippen LogP contribution is -2.28. The van der Waals surface area contributed by atoms with E-state index in [4.69, 9.17) is 10.6 Å². The Morgan fingerprint density at radius 1 is 1.14 bits per heavy atom. The van der Waals surface area contributed by atoms with Crippen LogP contribution < -0.4 is 16.0 Å². The largest absolute Gasteiger partial charge is 0.491 e. The van der Waals surface area contributed by atoms with Crippen LogP contribution in [0.4, 0.5) is 0 Å². The van der Waals surface area contributed by atoms with Crippen LogP contribution in [0, 0.1) is 0 Å². The van der Waals surface area contributed by atoms with E-state index in [1.165, 1.54) is 14.3 Å². The minimum atomic E-state index is -0.0513. The van der Waals surface area contributed by atoms with Crippen molar-refractivity contribution >= 4 is 32.1 Å². The summed E-state index contributed by atoms with van der Waals surface area (Å²) in [5.74, 6) is 6.71. The maximum Gasteiger partial charge on any atom is 0.124 e. The SMILES string of the molecule is CC(C)Oc1ccccc1C(NN)c1cc2sccc2s1. The number of hydrazine groups is 1. The van der Waals surface area contributed by atoms with E-state index < -0.39 is 0 Å². The molecule has 0 spiro atoms. The zero-order valence-corrected chi connectivity index (χ0v) is 13.6. The predicted molar refractivity (Wildman–Crippen MR) is 91.1 cm³/mol. The molecule has 2 aromatic heterocycles. The predicted octanol–water partition coefficient (Wildman–Crippen LogP) is 4.30. The van der Waals surface area contributed by atoms with Crippen LogP contribution in [0.25, 0.3) is 9.40 Å². The maximum absolute atomic E-state index is 5.92. The summed E-state index contributed by atoms with van der Waals surface area (Å²) in [7, 11) is 0. The Morgan fingerprint density at radius 2 is 1.95 bits per heavy atom. The highest BCUT2D eigenvalue weighted by Gasteiger charge is 2.20. The van der Waals surface area contributed by atoms with Gasteiger partial charge in [0.05, 0.1) is 12.1 Å². The Kier molecular flexibility index (Phi) is 4.26. The lowest BCUT2D eigenvalue weighted by molar-refractivity contribution is 0.238. The summed E-state index contributed by atoms with van der Waals surface area (Å²) in [6.45, 7) is 4.06. The van der Waals surface area contributed by atoms with Crippen molar-refractivity contribution in [3.63, 3.8) is 0 Å². The molecule has 0 radical (unpaired) electrons. The standard InChI is InChI=1S/C16H18N2OS2/c1-10(2)19-12-6-4-3-5-11(12)16(18-17)15-9-14-13(21-15)7-8-20-14/h3-10,16,18H,17H2,1-2H3. The van der Waals surface area contributed by atoms with E-state index in [0.29, 0.717) is 0 Å². The molecule has 3 N–H and O–H groups in total. The van der Waals surface area contributed by atoms with Gasteiger partial charge in [-0.1, -0.05) is 18.2 Å². The summed E-state index contributed by atoms with van der Waals surface area (Å²) in [4.78, 5) is 1.21. The summed E-state index contributed by atoms with van der Waals surface area (Å²) >= 11 is 3.53. The topological polar surface area (TPSA) is 47.3 Å². The quantitative estimate of drug-likeness (QED) is 0.544. The molecule has 3 rings (SSSR count). The van der Waals surface area contributed by atoms with Crippen LogP contribution in [0.5, 0.6) is 5.75 Å². The summed E-state index contributed by atoms with van der Waals surface area (Å²) < 4.78 is 8.52. The number of hydrogen-bond acceptors (Lipinski definition) is 5. The summed E-state index contributed by atoms with van der Waals surface area (Å²) in [5, 5.41) is 2.12. The average Bonchev–Trinajstić information content (AvgIpc) is 3.02. The Labute approximate surface area is 132 Å². The van der Waals surface area contributed by atoms with E-state index in [0.717, 1.165) is 11.3 Å². The van der Waals surface area contributed by atoms with Crippen LogP contribution in [0.1, 0.15) is 30.3 Å². The second-order valence-corrected chi connectivity index (χ2v) is 7.17. The van der Waals surface area contributed by atoms with Crippen molar-refractivity contribution in [2.45, 2.75) is 26.0 Å². The molecule has 5 heteroatoms. The molecule has 3 nitrogen and oxygen atoms in total. The van der Waals surface area contributed by atoms with Crippen molar-refractivity contribution in [2.24, 2.45) is 5.84 Å².